The third kappa shape index (κ3) is 5.93. The first-order valence-corrected chi connectivity index (χ1v) is 10.3. The van der Waals surface area contributed by atoms with Crippen LogP contribution in [0.3, 0.4) is 0 Å². The minimum atomic E-state index is 0.0101. The third-order valence-electron chi connectivity index (χ3n) is 5.54. The molecule has 2 aromatic carbocycles. The van der Waals surface area contributed by atoms with E-state index in [1.165, 1.54) is 56.4 Å². The molecule has 0 aliphatic carbocycles. The monoisotopic (exact) mass is 364 g/mol. The Morgan fingerprint density at radius 1 is 1.04 bits per heavy atom. The SMILES string of the molecule is CC(C)C(=O)Nc1ccc(C2CCN(CCCc3ccccc3)CC2)cc1. The smallest absolute Gasteiger partial charge is 0.226 e. The topological polar surface area (TPSA) is 32.3 Å². The Labute approximate surface area is 163 Å². The fraction of sp³-hybridized carbons (Fsp3) is 0.458. The Bertz CT molecular complexity index is 701. The van der Waals surface area contributed by atoms with Gasteiger partial charge >= 0.3 is 0 Å². The summed E-state index contributed by atoms with van der Waals surface area (Å²) >= 11 is 0. The molecule has 0 bridgehead atoms. The molecule has 27 heavy (non-hydrogen) atoms. The van der Waals surface area contributed by atoms with E-state index in [9.17, 15) is 4.79 Å². The first kappa shape index (κ1) is 19.6. The van der Waals surface area contributed by atoms with Gasteiger partial charge in [-0.3, -0.25) is 4.79 Å². The number of nitrogens with zero attached hydrogens (tertiary/aromatic N) is 1. The quantitative estimate of drug-likeness (QED) is 0.742. The summed E-state index contributed by atoms with van der Waals surface area (Å²) in [5.74, 6) is 0.729. The molecule has 1 aliphatic rings. The summed E-state index contributed by atoms with van der Waals surface area (Å²) in [5, 5.41) is 2.97. The van der Waals surface area contributed by atoms with Gasteiger partial charge in [-0.1, -0.05) is 56.3 Å². The van der Waals surface area contributed by atoms with Gasteiger partial charge in [0.15, 0.2) is 0 Å². The van der Waals surface area contributed by atoms with Gasteiger partial charge in [-0.05, 0) is 74.5 Å². The number of anilines is 1. The van der Waals surface area contributed by atoms with Crippen LogP contribution in [0, 0.1) is 5.92 Å². The highest BCUT2D eigenvalue weighted by molar-refractivity contribution is 5.92. The molecule has 0 atom stereocenters. The van der Waals surface area contributed by atoms with E-state index < -0.39 is 0 Å². The summed E-state index contributed by atoms with van der Waals surface area (Å²) in [4.78, 5) is 14.4. The number of nitrogens with one attached hydrogen (secondary N) is 1. The van der Waals surface area contributed by atoms with Crippen molar-refractivity contribution in [3.05, 3.63) is 65.7 Å². The highest BCUT2D eigenvalue weighted by Gasteiger charge is 2.20. The fourth-order valence-corrected chi connectivity index (χ4v) is 3.77. The molecule has 3 heteroatoms. The molecule has 3 nitrogen and oxygen atoms in total. The second kappa shape index (κ2) is 9.70. The number of piperidine rings is 1. The number of rotatable bonds is 7. The predicted molar refractivity (Wildman–Crippen MR) is 113 cm³/mol. The Kier molecular flexibility index (Phi) is 7.05. The van der Waals surface area contributed by atoms with Crippen molar-refractivity contribution in [2.45, 2.75) is 45.4 Å². The molecular weight excluding hydrogens is 332 g/mol. The molecule has 144 valence electrons. The van der Waals surface area contributed by atoms with Crippen molar-refractivity contribution in [1.29, 1.82) is 0 Å². The van der Waals surface area contributed by atoms with E-state index in [4.69, 9.17) is 0 Å². The number of hydrogen-bond acceptors (Lipinski definition) is 2. The number of benzene rings is 2. The zero-order chi connectivity index (χ0) is 19.1. The van der Waals surface area contributed by atoms with Gasteiger partial charge in [0.1, 0.15) is 0 Å². The van der Waals surface area contributed by atoms with Crippen LogP contribution in [0.15, 0.2) is 54.6 Å². The van der Waals surface area contributed by atoms with E-state index in [0.717, 1.165) is 5.69 Å². The van der Waals surface area contributed by atoms with Gasteiger partial charge in [0.2, 0.25) is 5.91 Å². The Morgan fingerprint density at radius 3 is 2.33 bits per heavy atom. The van der Waals surface area contributed by atoms with Crippen LogP contribution in [0.1, 0.15) is 50.2 Å². The number of hydrogen-bond donors (Lipinski definition) is 1. The van der Waals surface area contributed by atoms with E-state index in [1.807, 2.05) is 26.0 Å². The Morgan fingerprint density at radius 2 is 1.70 bits per heavy atom. The van der Waals surface area contributed by atoms with Crippen molar-refractivity contribution in [1.82, 2.24) is 4.90 Å². The van der Waals surface area contributed by atoms with Crippen molar-refractivity contribution in [2.24, 2.45) is 5.92 Å². The van der Waals surface area contributed by atoms with Crippen molar-refractivity contribution in [2.75, 3.05) is 25.0 Å². The van der Waals surface area contributed by atoms with Crippen LogP contribution in [-0.2, 0) is 11.2 Å². The summed E-state index contributed by atoms with van der Waals surface area (Å²) in [6.45, 7) is 7.40. The van der Waals surface area contributed by atoms with Gasteiger partial charge in [0, 0.05) is 11.6 Å². The maximum Gasteiger partial charge on any atom is 0.226 e. The molecule has 1 aliphatic heterocycles. The maximum absolute atomic E-state index is 11.8. The predicted octanol–water partition coefficient (Wildman–Crippen LogP) is 5.09. The summed E-state index contributed by atoms with van der Waals surface area (Å²) in [7, 11) is 0. The molecule has 0 unspecified atom stereocenters. The van der Waals surface area contributed by atoms with Gasteiger partial charge in [0.25, 0.3) is 0 Å². The molecule has 1 heterocycles. The second-order valence-electron chi connectivity index (χ2n) is 7.97. The minimum Gasteiger partial charge on any atom is -0.326 e. The van der Waals surface area contributed by atoms with Crippen LogP contribution >= 0.6 is 0 Å². The zero-order valence-corrected chi connectivity index (χ0v) is 16.7. The van der Waals surface area contributed by atoms with Crippen molar-refractivity contribution >= 4 is 11.6 Å². The maximum atomic E-state index is 11.8. The van der Waals surface area contributed by atoms with Crippen molar-refractivity contribution in [3.63, 3.8) is 0 Å². The van der Waals surface area contributed by atoms with Crippen LogP contribution in [0.2, 0.25) is 0 Å². The van der Waals surface area contributed by atoms with Crippen LogP contribution in [0.25, 0.3) is 0 Å². The molecule has 1 fully saturated rings. The highest BCUT2D eigenvalue weighted by Crippen LogP contribution is 2.29. The van der Waals surface area contributed by atoms with Crippen molar-refractivity contribution in [3.8, 4) is 0 Å². The van der Waals surface area contributed by atoms with E-state index in [0.29, 0.717) is 5.92 Å². The van der Waals surface area contributed by atoms with Gasteiger partial charge in [-0.25, -0.2) is 0 Å². The molecule has 0 spiro atoms. The highest BCUT2D eigenvalue weighted by atomic mass is 16.1. The van der Waals surface area contributed by atoms with E-state index >= 15 is 0 Å². The molecule has 2 aromatic rings. The minimum absolute atomic E-state index is 0.0101. The fourth-order valence-electron chi connectivity index (χ4n) is 3.77. The molecule has 1 amide bonds. The average Bonchev–Trinajstić information content (AvgIpc) is 2.70. The zero-order valence-electron chi connectivity index (χ0n) is 16.7. The molecule has 0 saturated carbocycles. The van der Waals surface area contributed by atoms with Gasteiger partial charge < -0.3 is 10.2 Å². The second-order valence-corrected chi connectivity index (χ2v) is 7.97. The largest absolute Gasteiger partial charge is 0.326 e. The summed E-state index contributed by atoms with van der Waals surface area (Å²) in [6.07, 6.45) is 4.86. The van der Waals surface area contributed by atoms with Gasteiger partial charge in [0.05, 0.1) is 0 Å². The normalized spacial score (nSPS) is 15.8. The lowest BCUT2D eigenvalue weighted by atomic mass is 9.89. The van der Waals surface area contributed by atoms with E-state index in [-0.39, 0.29) is 11.8 Å². The van der Waals surface area contributed by atoms with Crippen LogP contribution in [-0.4, -0.2) is 30.4 Å². The van der Waals surface area contributed by atoms with Gasteiger partial charge in [-0.2, -0.15) is 0 Å². The molecule has 3 rings (SSSR count). The lowest BCUT2D eigenvalue weighted by molar-refractivity contribution is -0.118. The number of carbonyl (C=O) groups excluding carboxylic acids is 1. The van der Waals surface area contributed by atoms with Gasteiger partial charge in [-0.15, -0.1) is 0 Å². The van der Waals surface area contributed by atoms with E-state index in [2.05, 4.69) is 52.7 Å². The average molecular weight is 365 g/mol. The lowest BCUT2D eigenvalue weighted by Gasteiger charge is -2.32. The molecular formula is C24H32N2O. The number of carbonyl (C=O) groups is 1. The Balaban J connectivity index is 1.41. The summed E-state index contributed by atoms with van der Waals surface area (Å²) < 4.78 is 0. The molecule has 0 aromatic heterocycles. The van der Waals surface area contributed by atoms with Crippen LogP contribution in [0.5, 0.6) is 0 Å². The lowest BCUT2D eigenvalue weighted by Crippen LogP contribution is -2.33. The van der Waals surface area contributed by atoms with Crippen LogP contribution < -0.4 is 5.32 Å². The van der Waals surface area contributed by atoms with E-state index in [1.54, 1.807) is 0 Å². The Hall–Kier alpha value is -2.13. The summed E-state index contributed by atoms with van der Waals surface area (Å²) in [6, 6.07) is 19.2. The molecule has 1 N–H and O–H groups in total. The van der Waals surface area contributed by atoms with Crippen LogP contribution in [0.4, 0.5) is 5.69 Å². The first-order valence-electron chi connectivity index (χ1n) is 10.3. The third-order valence-corrected chi connectivity index (χ3v) is 5.54. The number of aryl methyl sites for hydroxylation is 1. The molecule has 0 radical (unpaired) electrons. The molecule has 1 saturated heterocycles. The van der Waals surface area contributed by atoms with Crippen molar-refractivity contribution < 1.29 is 4.79 Å². The standard InChI is InChI=1S/C24H32N2O/c1-19(2)24(27)25-23-12-10-21(11-13-23)22-14-17-26(18-15-22)16-6-9-20-7-4-3-5-8-20/h3-5,7-8,10-13,19,22H,6,9,14-18H2,1-2H3,(H,25,27). The number of amides is 1. The summed E-state index contributed by atoms with van der Waals surface area (Å²) in [5.41, 5.74) is 3.74. The number of likely N-dealkylation sites (tertiary alicyclic amines) is 1. The first-order chi connectivity index (χ1) is 13.1.